The average Bonchev–Trinajstić information content (AvgIpc) is 2.64. The number of carboxylic acids is 1. The molecule has 0 bridgehead atoms. The van der Waals surface area contributed by atoms with Gasteiger partial charge in [0, 0.05) is 30.1 Å². The van der Waals surface area contributed by atoms with Gasteiger partial charge in [-0.3, -0.25) is 20.2 Å². The Bertz CT molecular complexity index is 1100. The molecule has 14 heteroatoms. The maximum Gasteiger partial charge on any atom is 0.326 e. The van der Waals surface area contributed by atoms with Crippen LogP contribution < -0.4 is 32.4 Å². The monoisotopic (exact) mass is 448 g/mol. The Balaban J connectivity index is 1.73. The lowest BCUT2D eigenvalue weighted by Crippen LogP contribution is -2.43. The maximum absolute atomic E-state index is 12.0. The van der Waals surface area contributed by atoms with Gasteiger partial charge >= 0.3 is 18.0 Å². The van der Waals surface area contributed by atoms with E-state index >= 15 is 0 Å². The van der Waals surface area contributed by atoms with E-state index in [-0.39, 0.29) is 24.9 Å². The number of anilines is 2. The number of aryl methyl sites for hydroxylation is 2. The number of carbonyl (C=O) groups excluding carboxylic acids is 2. The summed E-state index contributed by atoms with van der Waals surface area (Å²) in [7, 11) is 0. The second kappa shape index (κ2) is 11.2. The van der Waals surface area contributed by atoms with Crippen molar-refractivity contribution in [3.8, 4) is 0 Å². The first-order chi connectivity index (χ1) is 15.1. The predicted molar refractivity (Wildman–Crippen MR) is 114 cm³/mol. The SMILES string of the molecule is Cc1cc(=O)nc(NC(=O)NCCCCC(NC(=O)Nc2nc(=O)cc(C)[nH]2)C(=O)O)[nH]1. The van der Waals surface area contributed by atoms with Gasteiger partial charge in [-0.25, -0.2) is 14.4 Å². The quantitative estimate of drug-likeness (QED) is 0.259. The van der Waals surface area contributed by atoms with E-state index in [2.05, 4.69) is 41.2 Å². The highest BCUT2D eigenvalue weighted by Crippen LogP contribution is 2.03. The van der Waals surface area contributed by atoms with Crippen LogP contribution in [0.25, 0.3) is 0 Å². The first kappa shape index (κ1) is 24.0. The van der Waals surface area contributed by atoms with Crippen molar-refractivity contribution in [2.24, 2.45) is 0 Å². The second-order valence-electron chi connectivity index (χ2n) is 6.87. The molecule has 0 saturated heterocycles. The van der Waals surface area contributed by atoms with Crippen LogP contribution in [0.3, 0.4) is 0 Å². The van der Waals surface area contributed by atoms with Gasteiger partial charge in [-0.05, 0) is 33.1 Å². The second-order valence-corrected chi connectivity index (χ2v) is 6.87. The van der Waals surface area contributed by atoms with Crippen molar-refractivity contribution in [3.63, 3.8) is 0 Å². The van der Waals surface area contributed by atoms with Crippen molar-refractivity contribution in [2.75, 3.05) is 17.2 Å². The highest BCUT2D eigenvalue weighted by molar-refractivity contribution is 5.90. The molecule has 32 heavy (non-hydrogen) atoms. The van der Waals surface area contributed by atoms with E-state index in [1.54, 1.807) is 13.8 Å². The minimum absolute atomic E-state index is 0.0121. The molecular weight excluding hydrogens is 424 g/mol. The summed E-state index contributed by atoms with van der Waals surface area (Å²) in [6, 6.07) is -0.0582. The summed E-state index contributed by atoms with van der Waals surface area (Å²) in [6.07, 6.45) is 0.929. The van der Waals surface area contributed by atoms with Crippen LogP contribution in [0.15, 0.2) is 21.7 Å². The molecule has 2 heterocycles. The third kappa shape index (κ3) is 8.25. The Labute approximate surface area is 181 Å². The number of unbranched alkanes of at least 4 members (excludes halogenated alkanes) is 1. The van der Waals surface area contributed by atoms with Crippen molar-refractivity contribution < 1.29 is 19.5 Å². The highest BCUT2D eigenvalue weighted by atomic mass is 16.4. The molecule has 0 saturated carbocycles. The number of aromatic amines is 2. The molecule has 2 aromatic heterocycles. The van der Waals surface area contributed by atoms with Gasteiger partial charge in [-0.15, -0.1) is 0 Å². The summed E-state index contributed by atoms with van der Waals surface area (Å²) in [4.78, 5) is 70.5. The van der Waals surface area contributed by atoms with Crippen molar-refractivity contribution in [2.45, 2.75) is 39.2 Å². The van der Waals surface area contributed by atoms with Crippen LogP contribution in [0.4, 0.5) is 21.5 Å². The summed E-state index contributed by atoms with van der Waals surface area (Å²) in [5.41, 5.74) is -0.0120. The third-order valence-electron chi connectivity index (χ3n) is 4.03. The number of hydrogen-bond acceptors (Lipinski definition) is 7. The first-order valence-electron chi connectivity index (χ1n) is 9.63. The molecule has 4 amide bonds. The minimum atomic E-state index is -1.23. The van der Waals surface area contributed by atoms with Crippen LogP contribution in [-0.4, -0.2) is 55.7 Å². The Kier molecular flexibility index (Phi) is 8.45. The molecule has 0 aliphatic heterocycles. The molecule has 7 N–H and O–H groups in total. The molecule has 1 unspecified atom stereocenters. The molecule has 172 valence electrons. The van der Waals surface area contributed by atoms with E-state index in [0.717, 1.165) is 0 Å². The predicted octanol–water partition coefficient (Wildman–Crippen LogP) is 0.0367. The number of nitrogens with zero attached hydrogens (tertiary/aromatic N) is 2. The standard InChI is InChI=1S/C18H24N8O6/c1-9-7-12(27)23-15(20-9)25-17(31)19-6-4-3-5-11(14(29)30)22-18(32)26-16-21-10(2)8-13(28)24-16/h7-8,11H,3-6H2,1-2H3,(H,29,30)(H3,19,20,23,25,27,31)(H3,21,22,24,26,28,32). The maximum atomic E-state index is 12.0. The number of amides is 4. The third-order valence-corrected chi connectivity index (χ3v) is 4.03. The minimum Gasteiger partial charge on any atom is -0.480 e. The number of rotatable bonds is 9. The summed E-state index contributed by atoms with van der Waals surface area (Å²) >= 11 is 0. The van der Waals surface area contributed by atoms with Crippen LogP contribution in [-0.2, 0) is 4.79 Å². The zero-order valence-electron chi connectivity index (χ0n) is 17.4. The highest BCUT2D eigenvalue weighted by Gasteiger charge is 2.20. The summed E-state index contributed by atoms with van der Waals surface area (Å²) in [5.74, 6) is -1.32. The summed E-state index contributed by atoms with van der Waals surface area (Å²) in [5, 5.41) is 18.8. The number of carboxylic acid groups (broad SMARTS) is 1. The molecule has 0 aromatic carbocycles. The van der Waals surface area contributed by atoms with E-state index < -0.39 is 35.2 Å². The Morgan fingerprint density at radius 3 is 1.97 bits per heavy atom. The molecule has 1 atom stereocenters. The number of hydrogen-bond donors (Lipinski definition) is 7. The Morgan fingerprint density at radius 2 is 1.47 bits per heavy atom. The largest absolute Gasteiger partial charge is 0.480 e. The fourth-order valence-corrected chi connectivity index (χ4v) is 2.66. The lowest BCUT2D eigenvalue weighted by atomic mass is 10.1. The Morgan fingerprint density at radius 1 is 0.938 bits per heavy atom. The van der Waals surface area contributed by atoms with Crippen LogP contribution in [0.5, 0.6) is 0 Å². The first-order valence-corrected chi connectivity index (χ1v) is 9.63. The van der Waals surface area contributed by atoms with E-state index in [1.165, 1.54) is 12.1 Å². The molecule has 0 spiro atoms. The average molecular weight is 448 g/mol. The number of H-pyrrole nitrogens is 2. The van der Waals surface area contributed by atoms with Gasteiger partial charge in [-0.2, -0.15) is 9.97 Å². The van der Waals surface area contributed by atoms with Crippen LogP contribution in [0.2, 0.25) is 0 Å². The molecular formula is C18H24N8O6. The Hall–Kier alpha value is -4.23. The van der Waals surface area contributed by atoms with E-state index in [1.807, 2.05) is 0 Å². The van der Waals surface area contributed by atoms with Gasteiger partial charge in [0.2, 0.25) is 11.9 Å². The number of aromatic nitrogens is 4. The molecule has 0 aliphatic carbocycles. The fraction of sp³-hybridized carbons (Fsp3) is 0.389. The topological polar surface area (TPSA) is 211 Å². The van der Waals surface area contributed by atoms with E-state index in [0.29, 0.717) is 24.2 Å². The molecule has 2 aromatic rings. The molecule has 2 rings (SSSR count). The zero-order valence-corrected chi connectivity index (χ0v) is 17.4. The number of aliphatic carboxylic acids is 1. The fourth-order valence-electron chi connectivity index (χ4n) is 2.66. The van der Waals surface area contributed by atoms with Gasteiger partial charge in [0.05, 0.1) is 0 Å². The lowest BCUT2D eigenvalue weighted by molar-refractivity contribution is -0.139. The van der Waals surface area contributed by atoms with Crippen LogP contribution in [0.1, 0.15) is 30.7 Å². The lowest BCUT2D eigenvalue weighted by Gasteiger charge is -2.15. The van der Waals surface area contributed by atoms with Crippen molar-refractivity contribution >= 4 is 29.9 Å². The van der Waals surface area contributed by atoms with Crippen molar-refractivity contribution in [1.82, 2.24) is 30.6 Å². The zero-order chi connectivity index (χ0) is 23.7. The molecule has 0 fully saturated rings. The smallest absolute Gasteiger partial charge is 0.326 e. The van der Waals surface area contributed by atoms with Gasteiger partial charge < -0.3 is 25.7 Å². The number of carbonyl (C=O) groups is 3. The van der Waals surface area contributed by atoms with Gasteiger partial charge in [-0.1, -0.05) is 0 Å². The number of nitrogens with one attached hydrogen (secondary N) is 6. The van der Waals surface area contributed by atoms with Crippen LogP contribution >= 0.6 is 0 Å². The van der Waals surface area contributed by atoms with Gasteiger partial charge in [0.25, 0.3) is 11.1 Å². The van der Waals surface area contributed by atoms with Crippen LogP contribution in [0, 0.1) is 13.8 Å². The molecule has 14 nitrogen and oxygen atoms in total. The molecule has 0 aliphatic rings. The summed E-state index contributed by atoms with van der Waals surface area (Å²) < 4.78 is 0. The van der Waals surface area contributed by atoms with Gasteiger partial charge in [0.15, 0.2) is 0 Å². The van der Waals surface area contributed by atoms with Gasteiger partial charge in [0.1, 0.15) is 6.04 Å². The number of urea groups is 2. The molecule has 0 radical (unpaired) electrons. The summed E-state index contributed by atoms with van der Waals surface area (Å²) in [6.45, 7) is 3.49. The van der Waals surface area contributed by atoms with Crippen molar-refractivity contribution in [1.29, 1.82) is 0 Å². The normalized spacial score (nSPS) is 11.3. The van der Waals surface area contributed by atoms with E-state index in [4.69, 9.17) is 0 Å². The van der Waals surface area contributed by atoms with Crippen molar-refractivity contribution in [3.05, 3.63) is 44.2 Å². The van der Waals surface area contributed by atoms with E-state index in [9.17, 15) is 29.1 Å².